The number of aliphatic carboxylic acids is 1. The van der Waals surface area contributed by atoms with Gasteiger partial charge in [-0.15, -0.1) is 0 Å². The second kappa shape index (κ2) is 7.87. The van der Waals surface area contributed by atoms with E-state index in [2.05, 4.69) is 0 Å². The molecule has 20 heavy (non-hydrogen) atoms. The van der Waals surface area contributed by atoms with Crippen LogP contribution < -0.4 is 0 Å². The number of hydrogen-bond donors (Lipinski definition) is 1. The van der Waals surface area contributed by atoms with Crippen LogP contribution in [0.3, 0.4) is 0 Å². The van der Waals surface area contributed by atoms with E-state index in [0.29, 0.717) is 6.42 Å². The number of carboxylic acid groups (broad SMARTS) is 1. The number of hydrogen-bond acceptors (Lipinski definition) is 5. The zero-order valence-corrected chi connectivity index (χ0v) is 12.8. The molecule has 0 spiro atoms. The SMILES string of the molecule is CCC(C)(CC(CC(C)C(=O)O)C(=O)OC)C(=O)OC. The molecule has 0 fully saturated rings. The number of carbonyl (C=O) groups is 3. The zero-order valence-electron chi connectivity index (χ0n) is 12.8. The fourth-order valence-corrected chi connectivity index (χ4v) is 2.12. The Morgan fingerprint density at radius 2 is 1.75 bits per heavy atom. The fourth-order valence-electron chi connectivity index (χ4n) is 2.12. The zero-order chi connectivity index (χ0) is 15.9. The van der Waals surface area contributed by atoms with E-state index in [1.54, 1.807) is 6.92 Å². The third-order valence-electron chi connectivity index (χ3n) is 3.75. The number of rotatable bonds is 8. The minimum Gasteiger partial charge on any atom is -0.481 e. The van der Waals surface area contributed by atoms with Crippen LogP contribution in [0.2, 0.25) is 0 Å². The highest BCUT2D eigenvalue weighted by atomic mass is 16.5. The molecule has 0 heterocycles. The fraction of sp³-hybridized carbons (Fsp3) is 0.786. The van der Waals surface area contributed by atoms with Gasteiger partial charge in [-0.1, -0.05) is 13.8 Å². The van der Waals surface area contributed by atoms with Crippen molar-refractivity contribution in [2.24, 2.45) is 17.3 Å². The Kier molecular flexibility index (Phi) is 7.24. The molecule has 0 aromatic carbocycles. The molecule has 0 aliphatic heterocycles. The number of carbonyl (C=O) groups excluding carboxylic acids is 2. The second-order valence-corrected chi connectivity index (χ2v) is 5.30. The van der Waals surface area contributed by atoms with E-state index in [9.17, 15) is 14.4 Å². The van der Waals surface area contributed by atoms with Gasteiger partial charge >= 0.3 is 17.9 Å². The molecule has 0 aromatic heterocycles. The Balaban J connectivity index is 5.10. The van der Waals surface area contributed by atoms with E-state index in [1.807, 2.05) is 6.92 Å². The van der Waals surface area contributed by atoms with Crippen molar-refractivity contribution in [2.45, 2.75) is 40.0 Å². The van der Waals surface area contributed by atoms with Crippen molar-refractivity contribution in [3.05, 3.63) is 0 Å². The predicted octanol–water partition coefficient (Wildman–Crippen LogP) is 1.87. The summed E-state index contributed by atoms with van der Waals surface area (Å²) >= 11 is 0. The van der Waals surface area contributed by atoms with Gasteiger partial charge in [0, 0.05) is 0 Å². The Morgan fingerprint density at radius 3 is 2.10 bits per heavy atom. The van der Waals surface area contributed by atoms with Gasteiger partial charge in [0.25, 0.3) is 0 Å². The van der Waals surface area contributed by atoms with Crippen LogP contribution in [0.15, 0.2) is 0 Å². The maximum absolute atomic E-state index is 11.8. The quantitative estimate of drug-likeness (QED) is 0.686. The van der Waals surface area contributed by atoms with Crippen molar-refractivity contribution in [1.82, 2.24) is 0 Å². The van der Waals surface area contributed by atoms with E-state index < -0.39 is 35.2 Å². The molecule has 0 rings (SSSR count). The van der Waals surface area contributed by atoms with Crippen molar-refractivity contribution in [2.75, 3.05) is 14.2 Å². The number of carboxylic acids is 1. The van der Waals surface area contributed by atoms with E-state index in [-0.39, 0.29) is 12.8 Å². The third-order valence-corrected chi connectivity index (χ3v) is 3.75. The largest absolute Gasteiger partial charge is 0.481 e. The minimum absolute atomic E-state index is 0.134. The molecule has 0 saturated heterocycles. The van der Waals surface area contributed by atoms with Gasteiger partial charge < -0.3 is 14.6 Å². The topological polar surface area (TPSA) is 89.9 Å². The maximum Gasteiger partial charge on any atom is 0.311 e. The highest BCUT2D eigenvalue weighted by Crippen LogP contribution is 2.34. The van der Waals surface area contributed by atoms with Gasteiger partial charge in [0.2, 0.25) is 0 Å². The van der Waals surface area contributed by atoms with Crippen LogP contribution in [-0.2, 0) is 23.9 Å². The van der Waals surface area contributed by atoms with Crippen molar-refractivity contribution in [3.8, 4) is 0 Å². The Labute approximate surface area is 119 Å². The van der Waals surface area contributed by atoms with E-state index in [0.717, 1.165) is 0 Å². The molecule has 3 atom stereocenters. The first-order chi connectivity index (χ1) is 9.21. The van der Waals surface area contributed by atoms with E-state index in [4.69, 9.17) is 14.6 Å². The molecule has 116 valence electrons. The van der Waals surface area contributed by atoms with Crippen molar-refractivity contribution < 1.29 is 29.0 Å². The summed E-state index contributed by atoms with van der Waals surface area (Å²) in [6, 6.07) is 0. The molecule has 0 saturated carbocycles. The molecule has 0 bridgehead atoms. The standard InChI is InChI=1S/C14H24O6/c1-6-14(3,13(18)20-5)8-10(12(17)19-4)7-9(2)11(15)16/h9-10H,6-8H2,1-5H3,(H,15,16). The monoisotopic (exact) mass is 288 g/mol. The summed E-state index contributed by atoms with van der Waals surface area (Å²) < 4.78 is 9.48. The van der Waals surface area contributed by atoms with Crippen molar-refractivity contribution in [3.63, 3.8) is 0 Å². The molecule has 6 nitrogen and oxygen atoms in total. The van der Waals surface area contributed by atoms with Gasteiger partial charge in [-0.2, -0.15) is 0 Å². The summed E-state index contributed by atoms with van der Waals surface area (Å²) in [5.74, 6) is -3.21. The first-order valence-electron chi connectivity index (χ1n) is 6.60. The average Bonchev–Trinajstić information content (AvgIpc) is 2.44. The van der Waals surface area contributed by atoms with Gasteiger partial charge in [-0.3, -0.25) is 14.4 Å². The molecule has 0 amide bonds. The van der Waals surface area contributed by atoms with Crippen LogP contribution in [0, 0.1) is 17.3 Å². The summed E-state index contributed by atoms with van der Waals surface area (Å²) in [6.07, 6.45) is 0.837. The van der Waals surface area contributed by atoms with Crippen LogP contribution in [0.4, 0.5) is 0 Å². The van der Waals surface area contributed by atoms with Gasteiger partial charge in [-0.05, 0) is 26.2 Å². The summed E-state index contributed by atoms with van der Waals surface area (Å²) in [4.78, 5) is 34.6. The van der Waals surface area contributed by atoms with Crippen molar-refractivity contribution in [1.29, 1.82) is 0 Å². The van der Waals surface area contributed by atoms with Gasteiger partial charge in [-0.25, -0.2) is 0 Å². The van der Waals surface area contributed by atoms with Crippen LogP contribution >= 0.6 is 0 Å². The van der Waals surface area contributed by atoms with Crippen LogP contribution in [0.1, 0.15) is 40.0 Å². The number of methoxy groups -OCH3 is 2. The molecule has 0 aliphatic carbocycles. The predicted molar refractivity (Wildman–Crippen MR) is 72.0 cm³/mol. The molecule has 0 aliphatic rings. The van der Waals surface area contributed by atoms with Crippen LogP contribution in [-0.4, -0.2) is 37.2 Å². The molecule has 6 heteroatoms. The summed E-state index contributed by atoms with van der Waals surface area (Å²) in [7, 11) is 2.55. The lowest BCUT2D eigenvalue weighted by Gasteiger charge is -2.29. The molecular weight excluding hydrogens is 264 g/mol. The highest BCUT2D eigenvalue weighted by molar-refractivity contribution is 5.79. The molecular formula is C14H24O6. The summed E-state index contributed by atoms with van der Waals surface area (Å²) in [5, 5.41) is 8.95. The summed E-state index contributed by atoms with van der Waals surface area (Å²) in [6.45, 7) is 5.06. The van der Waals surface area contributed by atoms with Gasteiger partial charge in [0.05, 0.1) is 31.5 Å². The number of esters is 2. The first-order valence-corrected chi connectivity index (χ1v) is 6.60. The lowest BCUT2D eigenvalue weighted by Crippen LogP contribution is -2.34. The van der Waals surface area contributed by atoms with Crippen LogP contribution in [0.5, 0.6) is 0 Å². The number of ether oxygens (including phenoxy) is 2. The van der Waals surface area contributed by atoms with Crippen LogP contribution in [0.25, 0.3) is 0 Å². The third kappa shape index (κ3) is 4.83. The normalized spacial score (nSPS) is 16.6. The average molecular weight is 288 g/mol. The molecule has 0 aromatic rings. The van der Waals surface area contributed by atoms with Gasteiger partial charge in [0.1, 0.15) is 0 Å². The molecule has 1 N–H and O–H groups in total. The Hall–Kier alpha value is -1.59. The Morgan fingerprint density at radius 1 is 1.20 bits per heavy atom. The Bertz CT molecular complexity index is 365. The smallest absolute Gasteiger partial charge is 0.311 e. The summed E-state index contributed by atoms with van der Waals surface area (Å²) in [5.41, 5.74) is -0.828. The minimum atomic E-state index is -0.977. The van der Waals surface area contributed by atoms with E-state index in [1.165, 1.54) is 21.1 Å². The molecule has 3 unspecified atom stereocenters. The van der Waals surface area contributed by atoms with Gasteiger partial charge in [0.15, 0.2) is 0 Å². The first kappa shape index (κ1) is 18.4. The highest BCUT2D eigenvalue weighted by Gasteiger charge is 2.38. The second-order valence-electron chi connectivity index (χ2n) is 5.30. The molecule has 0 radical (unpaired) electrons. The lowest BCUT2D eigenvalue weighted by atomic mass is 9.76. The lowest BCUT2D eigenvalue weighted by molar-refractivity contribution is -0.156. The van der Waals surface area contributed by atoms with E-state index >= 15 is 0 Å². The van der Waals surface area contributed by atoms with Crippen molar-refractivity contribution >= 4 is 17.9 Å². The maximum atomic E-state index is 11.8.